The van der Waals surface area contributed by atoms with Gasteiger partial charge >= 0.3 is 0 Å². The van der Waals surface area contributed by atoms with Crippen molar-refractivity contribution < 1.29 is 9.84 Å². The minimum atomic E-state index is -1.26. The minimum absolute atomic E-state index is 0.492. The van der Waals surface area contributed by atoms with E-state index in [1.54, 1.807) is 0 Å². The van der Waals surface area contributed by atoms with E-state index in [0.29, 0.717) is 6.61 Å². The third-order valence-electron chi connectivity index (χ3n) is 4.24. The quantitative estimate of drug-likeness (QED) is 0.714. The maximum atomic E-state index is 11.9. The molecule has 0 bridgehead atoms. The van der Waals surface area contributed by atoms with E-state index in [1.807, 2.05) is 97.9 Å². The van der Waals surface area contributed by atoms with Crippen molar-refractivity contribution in [3.05, 3.63) is 108 Å². The lowest BCUT2D eigenvalue weighted by molar-refractivity contribution is -0.0897. The number of aliphatic hydroxyl groups is 1. The Kier molecular flexibility index (Phi) is 5.09. The second-order valence-electron chi connectivity index (χ2n) is 5.74. The molecule has 0 saturated carbocycles. The van der Waals surface area contributed by atoms with Gasteiger partial charge in [0.2, 0.25) is 0 Å². The molecule has 1 atom stereocenters. The molecule has 0 amide bonds. The molecule has 24 heavy (non-hydrogen) atoms. The van der Waals surface area contributed by atoms with Crippen molar-refractivity contribution in [1.82, 2.24) is 0 Å². The molecule has 0 radical (unpaired) electrons. The Balaban J connectivity index is 2.20. The summed E-state index contributed by atoms with van der Waals surface area (Å²) in [7, 11) is 0. The van der Waals surface area contributed by atoms with Crippen LogP contribution in [0.5, 0.6) is 0 Å². The average molecular weight is 318 g/mol. The Morgan fingerprint density at radius 1 is 0.750 bits per heavy atom. The van der Waals surface area contributed by atoms with E-state index in [4.69, 9.17) is 4.74 Å². The van der Waals surface area contributed by atoms with E-state index >= 15 is 0 Å². The van der Waals surface area contributed by atoms with E-state index in [9.17, 15) is 5.11 Å². The molecule has 122 valence electrons. The predicted molar refractivity (Wildman–Crippen MR) is 96.7 cm³/mol. The summed E-state index contributed by atoms with van der Waals surface area (Å²) in [6, 6.07) is 29.4. The fourth-order valence-electron chi connectivity index (χ4n) is 3.11. The maximum absolute atomic E-state index is 11.9. The Labute approximate surface area is 143 Å². The molecule has 0 saturated heterocycles. The summed E-state index contributed by atoms with van der Waals surface area (Å²) < 4.78 is 6.05. The molecule has 1 unspecified atom stereocenters. The van der Waals surface area contributed by atoms with Crippen LogP contribution in [0.4, 0.5) is 0 Å². The summed E-state index contributed by atoms with van der Waals surface area (Å²) in [5.74, 6) is 0. The fourth-order valence-corrected chi connectivity index (χ4v) is 3.11. The summed E-state index contributed by atoms with van der Waals surface area (Å²) in [5, 5.41) is 11.9. The van der Waals surface area contributed by atoms with Crippen LogP contribution in [-0.4, -0.2) is 11.7 Å². The molecule has 1 N–H and O–H groups in total. The summed E-state index contributed by atoms with van der Waals surface area (Å²) in [6.45, 7) is 2.47. The van der Waals surface area contributed by atoms with Gasteiger partial charge in [-0.3, -0.25) is 0 Å². The van der Waals surface area contributed by atoms with Crippen molar-refractivity contribution in [2.75, 3.05) is 6.61 Å². The zero-order valence-electron chi connectivity index (χ0n) is 13.8. The van der Waals surface area contributed by atoms with E-state index in [2.05, 4.69) is 0 Å². The van der Waals surface area contributed by atoms with E-state index in [0.717, 1.165) is 16.7 Å². The topological polar surface area (TPSA) is 29.5 Å². The Morgan fingerprint density at radius 3 is 1.58 bits per heavy atom. The van der Waals surface area contributed by atoms with Gasteiger partial charge in [0.1, 0.15) is 11.7 Å². The Morgan fingerprint density at radius 2 is 1.17 bits per heavy atom. The van der Waals surface area contributed by atoms with Crippen LogP contribution < -0.4 is 0 Å². The number of rotatable bonds is 6. The summed E-state index contributed by atoms with van der Waals surface area (Å²) in [6.07, 6.45) is -0.492. The molecule has 3 rings (SSSR count). The van der Waals surface area contributed by atoms with Gasteiger partial charge in [0.05, 0.1) is 0 Å². The van der Waals surface area contributed by atoms with Crippen molar-refractivity contribution in [2.24, 2.45) is 0 Å². The first-order valence-corrected chi connectivity index (χ1v) is 8.26. The van der Waals surface area contributed by atoms with Crippen LogP contribution in [-0.2, 0) is 10.3 Å². The monoisotopic (exact) mass is 318 g/mol. The summed E-state index contributed by atoms with van der Waals surface area (Å²) >= 11 is 0. The van der Waals surface area contributed by atoms with Gasteiger partial charge in [-0.2, -0.15) is 0 Å². The molecule has 0 aliphatic carbocycles. The van der Waals surface area contributed by atoms with Gasteiger partial charge in [0.15, 0.2) is 0 Å². The number of benzene rings is 3. The highest BCUT2D eigenvalue weighted by Crippen LogP contribution is 2.43. The lowest BCUT2D eigenvalue weighted by atomic mass is 9.79. The highest BCUT2D eigenvalue weighted by Gasteiger charge is 2.41. The lowest BCUT2D eigenvalue weighted by Crippen LogP contribution is -2.36. The van der Waals surface area contributed by atoms with Crippen molar-refractivity contribution in [1.29, 1.82) is 0 Å². The summed E-state index contributed by atoms with van der Waals surface area (Å²) in [4.78, 5) is 0. The molecular formula is C22H22O2. The van der Waals surface area contributed by atoms with Crippen LogP contribution >= 0.6 is 0 Å². The molecule has 0 spiro atoms. The van der Waals surface area contributed by atoms with Crippen molar-refractivity contribution in [2.45, 2.75) is 18.6 Å². The molecule has 3 aromatic rings. The van der Waals surface area contributed by atoms with Gasteiger partial charge in [-0.15, -0.1) is 0 Å². The van der Waals surface area contributed by atoms with Gasteiger partial charge in [0, 0.05) is 6.61 Å². The largest absolute Gasteiger partial charge is 0.377 e. The Hall–Kier alpha value is -2.42. The minimum Gasteiger partial charge on any atom is -0.377 e. The first kappa shape index (κ1) is 16.4. The predicted octanol–water partition coefficient (Wildman–Crippen LogP) is 4.70. The molecule has 3 aromatic carbocycles. The van der Waals surface area contributed by atoms with E-state index in [1.165, 1.54) is 0 Å². The zero-order chi connectivity index (χ0) is 16.8. The second kappa shape index (κ2) is 7.43. The molecule has 0 aromatic heterocycles. The number of hydrogen-bond donors (Lipinski definition) is 1. The van der Waals surface area contributed by atoms with Crippen LogP contribution in [0.15, 0.2) is 91.0 Å². The van der Waals surface area contributed by atoms with Gasteiger partial charge in [0.25, 0.3) is 0 Å². The molecule has 2 heteroatoms. The average Bonchev–Trinajstić information content (AvgIpc) is 2.67. The lowest BCUT2D eigenvalue weighted by Gasteiger charge is -2.37. The first-order valence-electron chi connectivity index (χ1n) is 8.26. The van der Waals surface area contributed by atoms with E-state index in [-0.39, 0.29) is 0 Å². The standard InChI is InChI=1S/C22H22O2/c1-2-24-21(18-12-6-3-7-13-18)22(23,19-14-8-4-9-15-19)20-16-10-5-11-17-20/h3-17,21,23H,2H2,1H3. The summed E-state index contributed by atoms with van der Waals surface area (Å²) in [5.41, 5.74) is 1.33. The van der Waals surface area contributed by atoms with Crippen LogP contribution in [0, 0.1) is 0 Å². The van der Waals surface area contributed by atoms with Gasteiger partial charge in [-0.1, -0.05) is 91.0 Å². The van der Waals surface area contributed by atoms with Gasteiger partial charge in [-0.25, -0.2) is 0 Å². The van der Waals surface area contributed by atoms with Crippen LogP contribution in [0.2, 0.25) is 0 Å². The van der Waals surface area contributed by atoms with Crippen molar-refractivity contribution in [3.63, 3.8) is 0 Å². The number of hydrogen-bond acceptors (Lipinski definition) is 2. The van der Waals surface area contributed by atoms with Crippen LogP contribution in [0.25, 0.3) is 0 Å². The number of ether oxygens (including phenoxy) is 1. The third kappa shape index (κ3) is 3.12. The highest BCUT2D eigenvalue weighted by atomic mass is 16.5. The normalized spacial score (nSPS) is 12.8. The molecule has 0 heterocycles. The fraction of sp³-hybridized carbons (Fsp3) is 0.182. The molecule has 2 nitrogen and oxygen atoms in total. The maximum Gasteiger partial charge on any atom is 0.145 e. The molecule has 0 fully saturated rings. The smallest absolute Gasteiger partial charge is 0.145 e. The molecule has 0 aliphatic rings. The van der Waals surface area contributed by atoms with Crippen LogP contribution in [0.3, 0.4) is 0 Å². The zero-order valence-corrected chi connectivity index (χ0v) is 13.8. The Bertz CT molecular complexity index is 699. The second-order valence-corrected chi connectivity index (χ2v) is 5.74. The van der Waals surface area contributed by atoms with Crippen molar-refractivity contribution in [3.8, 4) is 0 Å². The van der Waals surface area contributed by atoms with Gasteiger partial charge < -0.3 is 9.84 Å². The van der Waals surface area contributed by atoms with Crippen LogP contribution in [0.1, 0.15) is 29.7 Å². The molecular weight excluding hydrogens is 296 g/mol. The third-order valence-corrected chi connectivity index (χ3v) is 4.24. The van der Waals surface area contributed by atoms with Gasteiger partial charge in [-0.05, 0) is 23.6 Å². The van der Waals surface area contributed by atoms with Crippen molar-refractivity contribution >= 4 is 0 Å². The molecule has 0 aliphatic heterocycles. The SMILES string of the molecule is CCOC(c1ccccc1)C(O)(c1ccccc1)c1ccccc1. The first-order chi connectivity index (χ1) is 11.8. The van der Waals surface area contributed by atoms with E-state index < -0.39 is 11.7 Å². The highest BCUT2D eigenvalue weighted by molar-refractivity contribution is 5.40.